The van der Waals surface area contributed by atoms with Gasteiger partial charge >= 0.3 is 6.18 Å². The van der Waals surface area contributed by atoms with Crippen molar-refractivity contribution in [3.8, 4) is 0 Å². The molecule has 2 atom stereocenters. The highest BCUT2D eigenvalue weighted by atomic mass is 19.4. The second-order valence-electron chi connectivity index (χ2n) is 8.69. The number of pyridine rings is 1. The molecule has 0 bridgehead atoms. The maximum atomic E-state index is 13.5. The third-order valence-corrected chi connectivity index (χ3v) is 5.96. The first kappa shape index (κ1) is 23.7. The maximum absolute atomic E-state index is 13.5. The molecule has 11 heteroatoms. The van der Waals surface area contributed by atoms with Crippen molar-refractivity contribution in [3.63, 3.8) is 0 Å². The number of nitrogens with one attached hydrogen (secondary N) is 3. The van der Waals surface area contributed by atoms with Crippen molar-refractivity contribution in [2.24, 2.45) is 0 Å². The van der Waals surface area contributed by atoms with E-state index in [1.54, 1.807) is 6.92 Å². The van der Waals surface area contributed by atoms with Crippen LogP contribution in [0.2, 0.25) is 0 Å². The zero-order valence-electron chi connectivity index (χ0n) is 19.0. The van der Waals surface area contributed by atoms with Crippen LogP contribution >= 0.6 is 0 Å². The summed E-state index contributed by atoms with van der Waals surface area (Å²) in [6.07, 6.45) is -2.12. The second-order valence-corrected chi connectivity index (χ2v) is 8.69. The third-order valence-electron chi connectivity index (χ3n) is 5.96. The van der Waals surface area contributed by atoms with E-state index in [2.05, 4.69) is 30.7 Å². The molecule has 180 valence electrons. The summed E-state index contributed by atoms with van der Waals surface area (Å²) in [5.74, 6) is 0.0787. The number of halogens is 3. The van der Waals surface area contributed by atoms with Crippen LogP contribution in [0.25, 0.3) is 10.8 Å². The predicted molar refractivity (Wildman–Crippen MR) is 123 cm³/mol. The van der Waals surface area contributed by atoms with Crippen LogP contribution in [-0.4, -0.2) is 46.1 Å². The number of amides is 1. The van der Waals surface area contributed by atoms with Gasteiger partial charge in [-0.25, -0.2) is 5.10 Å². The first-order valence-corrected chi connectivity index (χ1v) is 10.8. The van der Waals surface area contributed by atoms with Crippen molar-refractivity contribution < 1.29 is 18.0 Å². The minimum absolute atomic E-state index is 0.0436. The highest BCUT2D eigenvalue weighted by molar-refractivity contribution is 5.91. The Kier molecular flexibility index (Phi) is 6.30. The van der Waals surface area contributed by atoms with Crippen LogP contribution in [0, 0.1) is 0 Å². The number of carbonyl (C=O) groups excluding carboxylic acids is 1. The first-order chi connectivity index (χ1) is 16.0. The second kappa shape index (κ2) is 9.05. The van der Waals surface area contributed by atoms with Gasteiger partial charge in [-0.2, -0.15) is 18.3 Å². The number of nitrogens with zero attached hydrogens (tertiary/aromatic N) is 3. The summed E-state index contributed by atoms with van der Waals surface area (Å²) < 4.78 is 40.4. The topological polar surface area (TPSA) is 103 Å². The fraction of sp³-hybridized carbons (Fsp3) is 0.391. The molecule has 1 fully saturated rings. The average Bonchev–Trinajstić information content (AvgIpc) is 3.20. The molecule has 1 amide bonds. The molecule has 8 nitrogen and oxygen atoms in total. The monoisotopic (exact) mass is 474 g/mol. The van der Waals surface area contributed by atoms with Gasteiger partial charge in [0.25, 0.3) is 5.56 Å². The predicted octanol–water partition coefficient (Wildman–Crippen LogP) is 3.89. The van der Waals surface area contributed by atoms with Crippen LogP contribution in [0.1, 0.15) is 49.0 Å². The van der Waals surface area contributed by atoms with Gasteiger partial charge in [-0.15, -0.1) is 0 Å². The lowest BCUT2D eigenvalue weighted by Crippen LogP contribution is -2.17. The fourth-order valence-corrected chi connectivity index (χ4v) is 4.21. The fourth-order valence-electron chi connectivity index (χ4n) is 4.21. The smallest absolute Gasteiger partial charge is 0.362 e. The van der Waals surface area contributed by atoms with Gasteiger partial charge in [-0.1, -0.05) is 0 Å². The highest BCUT2D eigenvalue weighted by Gasteiger charge is 2.32. The Labute approximate surface area is 193 Å². The number of alkyl halides is 3. The van der Waals surface area contributed by atoms with E-state index in [0.717, 1.165) is 37.3 Å². The van der Waals surface area contributed by atoms with Crippen LogP contribution in [0.15, 0.2) is 35.3 Å². The maximum Gasteiger partial charge on any atom is 0.416 e. The molecule has 3 heterocycles. The summed E-state index contributed by atoms with van der Waals surface area (Å²) in [5, 5.41) is 12.9. The number of benzene rings is 1. The Balaban J connectivity index is 1.71. The molecule has 0 radical (unpaired) electrons. The molecule has 3 aromatic rings. The molecular weight excluding hydrogens is 449 g/mol. The van der Waals surface area contributed by atoms with E-state index in [1.807, 2.05) is 13.1 Å². The number of rotatable bonds is 5. The summed E-state index contributed by atoms with van der Waals surface area (Å²) in [6.45, 7) is 4.71. The Morgan fingerprint density at radius 3 is 2.65 bits per heavy atom. The molecule has 2 aromatic heterocycles. The van der Waals surface area contributed by atoms with Gasteiger partial charge in [-0.3, -0.25) is 14.6 Å². The molecule has 34 heavy (non-hydrogen) atoms. The van der Waals surface area contributed by atoms with Gasteiger partial charge in [0.2, 0.25) is 5.91 Å². The van der Waals surface area contributed by atoms with Crippen LogP contribution in [0.3, 0.4) is 0 Å². The van der Waals surface area contributed by atoms with Crippen molar-refractivity contribution in [1.82, 2.24) is 20.1 Å². The number of hydrogen-bond acceptors (Lipinski definition) is 6. The zero-order chi connectivity index (χ0) is 24.6. The molecule has 1 saturated heterocycles. The van der Waals surface area contributed by atoms with Gasteiger partial charge in [0.1, 0.15) is 0 Å². The minimum Gasteiger partial charge on any atom is -0.362 e. The van der Waals surface area contributed by atoms with Crippen molar-refractivity contribution >= 4 is 28.2 Å². The van der Waals surface area contributed by atoms with Gasteiger partial charge in [0.05, 0.1) is 17.0 Å². The standard InChI is InChI=1S/C23H25F3N6O2/c1-12(15-6-16(23(24,25)26)8-17(7-15)29-13(2)33)28-21-18-9-20(14-4-5-32(3)11-14)27-10-19(18)22(34)31-30-21/h6-10,12,14H,4-5,11H2,1-3H3,(H,28,30)(H,29,33)(H,31,34)/t12-,14?/m1/s1. The molecule has 1 unspecified atom stereocenters. The van der Waals surface area contributed by atoms with E-state index >= 15 is 0 Å². The molecule has 1 aliphatic rings. The van der Waals surface area contributed by atoms with Crippen LogP contribution in [-0.2, 0) is 11.0 Å². The normalized spacial score (nSPS) is 17.6. The Bertz CT molecular complexity index is 1290. The van der Waals surface area contributed by atoms with E-state index in [1.165, 1.54) is 19.2 Å². The molecule has 1 aromatic carbocycles. The van der Waals surface area contributed by atoms with E-state index in [0.29, 0.717) is 22.2 Å². The number of fused-ring (bicyclic) bond motifs is 1. The summed E-state index contributed by atoms with van der Waals surface area (Å²) in [4.78, 5) is 30.4. The van der Waals surface area contributed by atoms with Crippen molar-refractivity contribution in [1.29, 1.82) is 0 Å². The number of anilines is 2. The van der Waals surface area contributed by atoms with Gasteiger partial charge in [0, 0.05) is 42.4 Å². The quantitative estimate of drug-likeness (QED) is 0.519. The molecule has 0 saturated carbocycles. The average molecular weight is 474 g/mol. The van der Waals surface area contributed by atoms with E-state index in [-0.39, 0.29) is 11.6 Å². The molecular formula is C23H25F3N6O2. The number of aromatic amines is 1. The van der Waals surface area contributed by atoms with Gasteiger partial charge in [-0.05, 0) is 56.8 Å². The summed E-state index contributed by atoms with van der Waals surface area (Å²) in [6, 6.07) is 4.60. The lowest BCUT2D eigenvalue weighted by atomic mass is 10.0. The number of aromatic nitrogens is 3. The van der Waals surface area contributed by atoms with E-state index in [9.17, 15) is 22.8 Å². The van der Waals surface area contributed by atoms with Crippen molar-refractivity contribution in [2.75, 3.05) is 30.8 Å². The minimum atomic E-state index is -4.58. The highest BCUT2D eigenvalue weighted by Crippen LogP contribution is 2.35. The number of likely N-dealkylation sites (tertiary alicyclic amines) is 1. The Morgan fingerprint density at radius 1 is 1.24 bits per heavy atom. The van der Waals surface area contributed by atoms with E-state index in [4.69, 9.17) is 0 Å². The molecule has 4 rings (SSSR count). The van der Waals surface area contributed by atoms with Crippen LogP contribution in [0.5, 0.6) is 0 Å². The first-order valence-electron chi connectivity index (χ1n) is 10.8. The number of hydrogen-bond donors (Lipinski definition) is 3. The SMILES string of the molecule is CC(=O)Nc1cc([C@@H](C)Nc2n[nH]c(=O)c3cnc(C4CCN(C)C4)cc23)cc(C(F)(F)F)c1. The number of H-pyrrole nitrogens is 1. The Hall–Kier alpha value is -3.47. The number of likely N-dealkylation sites (N-methyl/N-ethyl adjacent to an activating group) is 1. The van der Waals surface area contributed by atoms with Gasteiger partial charge < -0.3 is 15.5 Å². The molecule has 0 aliphatic carbocycles. The van der Waals surface area contributed by atoms with Gasteiger partial charge in [0.15, 0.2) is 5.82 Å². The van der Waals surface area contributed by atoms with E-state index < -0.39 is 29.2 Å². The molecule has 1 aliphatic heterocycles. The van der Waals surface area contributed by atoms with Crippen LogP contribution in [0.4, 0.5) is 24.7 Å². The third kappa shape index (κ3) is 5.04. The lowest BCUT2D eigenvalue weighted by Gasteiger charge is -2.19. The van der Waals surface area contributed by atoms with Crippen molar-refractivity contribution in [2.45, 2.75) is 38.4 Å². The zero-order valence-corrected chi connectivity index (χ0v) is 19.0. The molecule has 0 spiro atoms. The molecule has 3 N–H and O–H groups in total. The summed E-state index contributed by atoms with van der Waals surface area (Å²) in [5.41, 5.74) is -0.0955. The summed E-state index contributed by atoms with van der Waals surface area (Å²) >= 11 is 0. The largest absolute Gasteiger partial charge is 0.416 e. The van der Waals surface area contributed by atoms with Crippen LogP contribution < -0.4 is 16.2 Å². The van der Waals surface area contributed by atoms with Crippen molar-refractivity contribution in [3.05, 3.63) is 57.6 Å². The Morgan fingerprint density at radius 2 is 2.00 bits per heavy atom. The lowest BCUT2D eigenvalue weighted by molar-refractivity contribution is -0.137. The number of carbonyl (C=O) groups is 1. The summed E-state index contributed by atoms with van der Waals surface area (Å²) in [7, 11) is 2.03.